The lowest BCUT2D eigenvalue weighted by Gasteiger charge is -2.18. The maximum Gasteiger partial charge on any atom is -0.00264 e. The van der Waals surface area contributed by atoms with Crippen molar-refractivity contribution >= 4 is 43.1 Å². The Kier molecular flexibility index (Phi) is 6.25. The molecule has 0 atom stereocenters. The minimum atomic E-state index is 1.23. The Morgan fingerprint density at radius 1 is 0.196 bits per heavy atom. The quantitative estimate of drug-likeness (QED) is 0.181. The van der Waals surface area contributed by atoms with E-state index in [1.54, 1.807) is 0 Å². The topological polar surface area (TPSA) is 0 Å². The van der Waals surface area contributed by atoms with Gasteiger partial charge in [-0.1, -0.05) is 170 Å². The second-order valence-corrected chi connectivity index (χ2v) is 12.1. The fraction of sp³-hybridized carbons (Fsp3) is 0. The Labute approximate surface area is 268 Å². The Morgan fingerprint density at radius 3 is 0.848 bits per heavy atom. The summed E-state index contributed by atoms with van der Waals surface area (Å²) in [5, 5.41) is 10.2. The Morgan fingerprint density at radius 2 is 0.478 bits per heavy atom. The maximum absolute atomic E-state index is 2.29. The number of benzene rings is 9. The van der Waals surface area contributed by atoms with Crippen LogP contribution in [-0.2, 0) is 0 Å². The molecule has 0 fully saturated rings. The number of rotatable bonds is 4. The van der Waals surface area contributed by atoms with Crippen molar-refractivity contribution in [3.8, 4) is 44.5 Å². The summed E-state index contributed by atoms with van der Waals surface area (Å²) in [5.74, 6) is 0. The average molecular weight is 583 g/mol. The zero-order chi connectivity index (χ0) is 30.5. The molecule has 0 aliphatic rings. The molecule has 0 aliphatic heterocycles. The monoisotopic (exact) mass is 582 g/mol. The van der Waals surface area contributed by atoms with Gasteiger partial charge in [-0.05, 0) is 99.7 Å². The van der Waals surface area contributed by atoms with E-state index >= 15 is 0 Å². The summed E-state index contributed by atoms with van der Waals surface area (Å²) in [6.45, 7) is 0. The van der Waals surface area contributed by atoms with Crippen LogP contribution in [-0.4, -0.2) is 0 Å². The summed E-state index contributed by atoms with van der Waals surface area (Å²) in [4.78, 5) is 0. The molecule has 0 unspecified atom stereocenters. The van der Waals surface area contributed by atoms with Gasteiger partial charge in [-0.15, -0.1) is 0 Å². The molecule has 0 N–H and O–H groups in total. The van der Waals surface area contributed by atoms with Gasteiger partial charge in [0.1, 0.15) is 0 Å². The Hall–Kier alpha value is -5.98. The van der Waals surface area contributed by atoms with E-state index in [1.807, 2.05) is 0 Å². The van der Waals surface area contributed by atoms with Crippen molar-refractivity contribution in [2.24, 2.45) is 0 Å². The van der Waals surface area contributed by atoms with E-state index in [4.69, 9.17) is 0 Å². The van der Waals surface area contributed by atoms with Gasteiger partial charge in [0.15, 0.2) is 0 Å². The predicted octanol–water partition coefficient (Wildman–Crippen LogP) is 13.0. The van der Waals surface area contributed by atoms with Crippen LogP contribution in [0.1, 0.15) is 0 Å². The molecule has 0 heteroatoms. The normalized spacial score (nSPS) is 11.5. The zero-order valence-corrected chi connectivity index (χ0v) is 25.3. The molecule has 9 aromatic carbocycles. The van der Waals surface area contributed by atoms with E-state index in [2.05, 4.69) is 182 Å². The van der Waals surface area contributed by atoms with Crippen LogP contribution in [0.4, 0.5) is 0 Å². The molecular weight excluding hydrogens is 553 g/mol. The van der Waals surface area contributed by atoms with Crippen molar-refractivity contribution in [1.29, 1.82) is 0 Å². The molecule has 0 heterocycles. The molecule has 0 saturated carbocycles. The van der Waals surface area contributed by atoms with E-state index in [0.717, 1.165) is 0 Å². The lowest BCUT2D eigenvalue weighted by atomic mass is 9.85. The number of hydrogen-bond donors (Lipinski definition) is 0. The van der Waals surface area contributed by atoms with Crippen LogP contribution in [0.3, 0.4) is 0 Å². The van der Waals surface area contributed by atoms with Gasteiger partial charge in [-0.3, -0.25) is 0 Å². The molecule has 9 rings (SSSR count). The third-order valence-corrected chi connectivity index (χ3v) is 9.44. The summed E-state index contributed by atoms with van der Waals surface area (Å²) >= 11 is 0. The zero-order valence-electron chi connectivity index (χ0n) is 25.3. The van der Waals surface area contributed by atoms with Crippen LogP contribution in [0.25, 0.3) is 87.6 Å². The molecular formula is C46H30. The lowest BCUT2D eigenvalue weighted by Crippen LogP contribution is -1.91. The van der Waals surface area contributed by atoms with Crippen molar-refractivity contribution in [3.05, 3.63) is 182 Å². The summed E-state index contributed by atoms with van der Waals surface area (Å²) < 4.78 is 0. The van der Waals surface area contributed by atoms with Crippen molar-refractivity contribution in [1.82, 2.24) is 0 Å². The molecule has 0 nitrogen and oxygen atoms in total. The van der Waals surface area contributed by atoms with Gasteiger partial charge in [-0.2, -0.15) is 0 Å². The second-order valence-electron chi connectivity index (χ2n) is 12.1. The second kappa shape index (κ2) is 10.9. The highest BCUT2D eigenvalue weighted by atomic mass is 14.2. The summed E-state index contributed by atoms with van der Waals surface area (Å²) in [5.41, 5.74) is 9.97. The first-order valence-corrected chi connectivity index (χ1v) is 15.9. The van der Waals surface area contributed by atoms with E-state index in [0.29, 0.717) is 0 Å². The third kappa shape index (κ3) is 4.47. The minimum Gasteiger partial charge on any atom is -0.0616 e. The van der Waals surface area contributed by atoms with Crippen LogP contribution >= 0.6 is 0 Å². The van der Waals surface area contributed by atoms with Gasteiger partial charge in [0, 0.05) is 0 Å². The van der Waals surface area contributed by atoms with E-state index < -0.39 is 0 Å². The van der Waals surface area contributed by atoms with Crippen molar-refractivity contribution < 1.29 is 0 Å². The number of fused-ring (bicyclic) bond motifs is 4. The van der Waals surface area contributed by atoms with Gasteiger partial charge in [-0.25, -0.2) is 0 Å². The summed E-state index contributed by atoms with van der Waals surface area (Å²) in [6.07, 6.45) is 0. The van der Waals surface area contributed by atoms with Gasteiger partial charge in [0.2, 0.25) is 0 Å². The van der Waals surface area contributed by atoms with Gasteiger partial charge >= 0.3 is 0 Å². The summed E-state index contributed by atoms with van der Waals surface area (Å²) in [6, 6.07) is 66.5. The van der Waals surface area contributed by atoms with Gasteiger partial charge in [0.25, 0.3) is 0 Å². The molecule has 214 valence electrons. The number of hydrogen-bond acceptors (Lipinski definition) is 0. The summed E-state index contributed by atoms with van der Waals surface area (Å²) in [7, 11) is 0. The Bertz CT molecular complexity index is 2310. The standard InChI is InChI=1S/C46H30/c1-3-11-37-29-39(27-21-31(37)9-1)33-17-23-35(24-18-33)45-41-13-5-7-15-43(41)46(44-16-8-6-14-42(44)45)36-25-19-34(20-26-36)40-28-22-32-10-2-4-12-38(32)30-40/h1-30H. The van der Waals surface area contributed by atoms with Crippen LogP contribution in [0.5, 0.6) is 0 Å². The van der Waals surface area contributed by atoms with Crippen LogP contribution in [0, 0.1) is 0 Å². The molecule has 0 aliphatic carbocycles. The molecule has 46 heavy (non-hydrogen) atoms. The molecule has 9 aromatic rings. The average Bonchev–Trinajstić information content (AvgIpc) is 3.13. The first-order chi connectivity index (χ1) is 22.8. The van der Waals surface area contributed by atoms with Gasteiger partial charge < -0.3 is 0 Å². The molecule has 0 aromatic heterocycles. The minimum absolute atomic E-state index is 1.23. The predicted molar refractivity (Wildman–Crippen MR) is 198 cm³/mol. The fourth-order valence-corrected chi connectivity index (χ4v) is 7.15. The largest absolute Gasteiger partial charge is 0.0616 e. The molecule has 0 bridgehead atoms. The maximum atomic E-state index is 2.29. The van der Waals surface area contributed by atoms with Crippen molar-refractivity contribution in [2.75, 3.05) is 0 Å². The van der Waals surface area contributed by atoms with Crippen LogP contribution in [0.2, 0.25) is 0 Å². The highest BCUT2D eigenvalue weighted by molar-refractivity contribution is 6.21. The van der Waals surface area contributed by atoms with Gasteiger partial charge in [0.05, 0.1) is 0 Å². The smallest absolute Gasteiger partial charge is 0.00264 e. The molecule has 0 spiro atoms. The fourth-order valence-electron chi connectivity index (χ4n) is 7.15. The van der Waals surface area contributed by atoms with E-state index in [1.165, 1.54) is 87.6 Å². The highest BCUT2D eigenvalue weighted by Gasteiger charge is 2.16. The van der Waals surface area contributed by atoms with E-state index in [9.17, 15) is 0 Å². The molecule has 0 amide bonds. The first-order valence-electron chi connectivity index (χ1n) is 15.9. The van der Waals surface area contributed by atoms with Crippen LogP contribution in [0.15, 0.2) is 182 Å². The molecule has 0 saturated heterocycles. The first kappa shape index (κ1) is 26.4. The Balaban J connectivity index is 1.16. The highest BCUT2D eigenvalue weighted by Crippen LogP contribution is 2.44. The van der Waals surface area contributed by atoms with E-state index in [-0.39, 0.29) is 0 Å². The van der Waals surface area contributed by atoms with Crippen molar-refractivity contribution in [2.45, 2.75) is 0 Å². The molecule has 0 radical (unpaired) electrons. The third-order valence-electron chi connectivity index (χ3n) is 9.44. The lowest BCUT2D eigenvalue weighted by molar-refractivity contribution is 1.62. The van der Waals surface area contributed by atoms with Crippen LogP contribution < -0.4 is 0 Å². The van der Waals surface area contributed by atoms with Crippen molar-refractivity contribution in [3.63, 3.8) is 0 Å². The SMILES string of the molecule is c1ccc2cc(-c3ccc(-c4c5ccccc5c(-c5ccc(-c6ccc7ccccc7c6)cc5)c5ccccc45)cc3)ccc2c1.